The molecule has 0 aromatic carbocycles. The largest absolute Gasteiger partial charge is 0.756 e. The number of quaternary nitrogens is 1. The summed E-state index contributed by atoms with van der Waals surface area (Å²) in [5.41, 5.74) is 0. The van der Waals surface area contributed by atoms with E-state index in [0.29, 0.717) is 24.1 Å². The number of rotatable bonds is 45. The van der Waals surface area contributed by atoms with Crippen LogP contribution in [0.25, 0.3) is 0 Å². The van der Waals surface area contributed by atoms with Gasteiger partial charge in [-0.2, -0.15) is 0 Å². The van der Waals surface area contributed by atoms with Crippen LogP contribution in [0.4, 0.5) is 0 Å². The molecule has 9 heteroatoms. The third-order valence-corrected chi connectivity index (χ3v) is 11.4. The Hall–Kier alpha value is -1.02. The van der Waals surface area contributed by atoms with Crippen LogP contribution in [0.15, 0.2) is 24.3 Å². The van der Waals surface area contributed by atoms with Crippen molar-refractivity contribution >= 4 is 13.8 Å². The van der Waals surface area contributed by atoms with E-state index in [4.69, 9.17) is 18.5 Å². The maximum Gasteiger partial charge on any atom is 0.306 e. The first-order valence-electron chi connectivity index (χ1n) is 24.1. The number of unbranched alkanes of at least 4 members (excludes halogenated alkanes) is 27. The average Bonchev–Trinajstić information content (AvgIpc) is 3.16. The minimum atomic E-state index is -4.53. The first-order valence-corrected chi connectivity index (χ1v) is 25.5. The fraction of sp³-hybridized carbons (Fsp3) is 0.896. The fourth-order valence-corrected chi connectivity index (χ4v) is 7.44. The number of carbonyl (C=O) groups is 1. The highest BCUT2D eigenvalue weighted by atomic mass is 31.2. The molecule has 0 N–H and O–H groups in total. The van der Waals surface area contributed by atoms with Crippen molar-refractivity contribution in [2.45, 2.75) is 225 Å². The number of phosphoric acid groups is 1. The summed E-state index contributed by atoms with van der Waals surface area (Å²) in [6, 6.07) is 0. The minimum absolute atomic E-state index is 0.0258. The summed E-state index contributed by atoms with van der Waals surface area (Å²) in [6.45, 7) is 5.42. The Morgan fingerprint density at radius 2 is 0.912 bits per heavy atom. The molecule has 0 aliphatic heterocycles. The summed E-state index contributed by atoms with van der Waals surface area (Å²) in [6.07, 6.45) is 47.6. The highest BCUT2D eigenvalue weighted by Gasteiger charge is 2.20. The van der Waals surface area contributed by atoms with Crippen LogP contribution in [-0.4, -0.2) is 70.7 Å². The molecule has 2 atom stereocenters. The molecular weight excluding hydrogens is 734 g/mol. The SMILES string of the molecule is CCCCCCCC/C=C\CCCCCCCCCCCCOCC(COP(=O)([O-])OCC[N+](C)(C)C)OC(=O)CCCCCCC/C=C\CCCCCCCC. The summed E-state index contributed by atoms with van der Waals surface area (Å²) in [5, 5.41) is 0. The molecule has 0 aliphatic rings. The van der Waals surface area contributed by atoms with E-state index in [0.717, 1.165) is 44.9 Å². The van der Waals surface area contributed by atoms with Gasteiger partial charge in [-0.25, -0.2) is 0 Å². The second kappa shape index (κ2) is 41.7. The maximum atomic E-state index is 12.7. The van der Waals surface area contributed by atoms with Crippen LogP contribution in [0.1, 0.15) is 219 Å². The smallest absolute Gasteiger partial charge is 0.306 e. The lowest BCUT2D eigenvalue weighted by molar-refractivity contribution is -0.870. The topological polar surface area (TPSA) is 94.1 Å². The van der Waals surface area contributed by atoms with E-state index in [1.54, 1.807) is 0 Å². The van der Waals surface area contributed by atoms with Crippen LogP contribution in [0.3, 0.4) is 0 Å². The summed E-state index contributed by atoms with van der Waals surface area (Å²) in [5.74, 6) is -0.341. The highest BCUT2D eigenvalue weighted by molar-refractivity contribution is 7.45. The quantitative estimate of drug-likeness (QED) is 0.0198. The summed E-state index contributed by atoms with van der Waals surface area (Å²) in [7, 11) is 1.36. The molecule has 0 fully saturated rings. The van der Waals surface area contributed by atoms with Gasteiger partial charge in [-0.05, 0) is 64.2 Å². The van der Waals surface area contributed by atoms with Gasteiger partial charge >= 0.3 is 5.97 Å². The zero-order valence-electron chi connectivity index (χ0n) is 38.3. The van der Waals surface area contributed by atoms with Gasteiger partial charge in [-0.15, -0.1) is 0 Å². The van der Waals surface area contributed by atoms with E-state index in [-0.39, 0.29) is 25.8 Å². The normalized spacial score (nSPS) is 13.9. The Balaban J connectivity index is 4.16. The molecule has 57 heavy (non-hydrogen) atoms. The number of carbonyl (C=O) groups excluding carboxylic acids is 1. The molecule has 0 radical (unpaired) electrons. The van der Waals surface area contributed by atoms with Crippen LogP contribution >= 0.6 is 7.82 Å². The van der Waals surface area contributed by atoms with Crippen LogP contribution in [0.5, 0.6) is 0 Å². The van der Waals surface area contributed by atoms with Gasteiger partial charge < -0.3 is 27.9 Å². The molecule has 8 nitrogen and oxygen atoms in total. The van der Waals surface area contributed by atoms with Crippen molar-refractivity contribution in [1.29, 1.82) is 0 Å². The van der Waals surface area contributed by atoms with Gasteiger partial charge in [-0.3, -0.25) is 9.36 Å². The first kappa shape index (κ1) is 56.0. The van der Waals surface area contributed by atoms with Gasteiger partial charge in [-0.1, -0.05) is 173 Å². The lowest BCUT2D eigenvalue weighted by Gasteiger charge is -2.28. The lowest BCUT2D eigenvalue weighted by atomic mass is 10.1. The van der Waals surface area contributed by atoms with Gasteiger partial charge in [0.2, 0.25) is 0 Å². The van der Waals surface area contributed by atoms with Gasteiger partial charge in [0.1, 0.15) is 19.3 Å². The van der Waals surface area contributed by atoms with Crippen molar-refractivity contribution in [3.63, 3.8) is 0 Å². The van der Waals surface area contributed by atoms with Crippen molar-refractivity contribution in [3.05, 3.63) is 24.3 Å². The zero-order chi connectivity index (χ0) is 42.0. The molecule has 0 saturated heterocycles. The van der Waals surface area contributed by atoms with Gasteiger partial charge in [0.15, 0.2) is 0 Å². The molecule has 0 heterocycles. The van der Waals surface area contributed by atoms with Crippen LogP contribution < -0.4 is 4.89 Å². The van der Waals surface area contributed by atoms with Crippen molar-refractivity contribution in [3.8, 4) is 0 Å². The molecular formula is C48H94NO7P. The van der Waals surface area contributed by atoms with E-state index >= 15 is 0 Å². The number of likely N-dealkylation sites (N-methyl/N-ethyl adjacent to an activating group) is 1. The van der Waals surface area contributed by atoms with Crippen molar-refractivity contribution in [2.24, 2.45) is 0 Å². The Bertz CT molecular complexity index is 967. The molecule has 0 bridgehead atoms. The van der Waals surface area contributed by atoms with Gasteiger partial charge in [0.25, 0.3) is 7.82 Å². The second-order valence-corrected chi connectivity index (χ2v) is 18.9. The van der Waals surface area contributed by atoms with E-state index in [1.165, 1.54) is 154 Å². The maximum absolute atomic E-state index is 12.7. The molecule has 0 aromatic rings. The fourth-order valence-electron chi connectivity index (χ4n) is 6.71. The Morgan fingerprint density at radius 3 is 1.33 bits per heavy atom. The molecule has 0 rings (SSSR count). The van der Waals surface area contributed by atoms with E-state index in [2.05, 4.69) is 38.2 Å². The van der Waals surface area contributed by atoms with Crippen molar-refractivity contribution in [2.75, 3.05) is 54.1 Å². The summed E-state index contributed by atoms with van der Waals surface area (Å²) >= 11 is 0. The summed E-state index contributed by atoms with van der Waals surface area (Å²) < 4.78 is 34.7. The standard InChI is InChI=1S/C48H94NO7P/c1-6-8-10-12-14-16-18-20-22-23-24-25-26-28-30-32-34-36-38-40-43-53-45-47(46-55-57(51,52)54-44-42-49(3,4)5)56-48(50)41-39-37-35-33-31-29-27-21-19-17-15-13-11-9-7-2/h20-22,27,47H,6-19,23-26,28-46H2,1-5H3/b22-20-,27-21-. The molecule has 2 unspecified atom stereocenters. The average molecular weight is 828 g/mol. The number of phosphoric ester groups is 1. The zero-order valence-corrected chi connectivity index (χ0v) is 39.2. The molecule has 0 aromatic heterocycles. The van der Waals surface area contributed by atoms with Crippen LogP contribution in [-0.2, 0) is 27.9 Å². The monoisotopic (exact) mass is 828 g/mol. The predicted molar refractivity (Wildman–Crippen MR) is 240 cm³/mol. The van der Waals surface area contributed by atoms with Crippen molar-refractivity contribution in [1.82, 2.24) is 0 Å². The number of hydrogen-bond acceptors (Lipinski definition) is 7. The van der Waals surface area contributed by atoms with E-state index in [1.807, 2.05) is 21.1 Å². The summed E-state index contributed by atoms with van der Waals surface area (Å²) in [4.78, 5) is 25.1. The molecule has 338 valence electrons. The van der Waals surface area contributed by atoms with Gasteiger partial charge in [0, 0.05) is 13.0 Å². The second-order valence-electron chi connectivity index (χ2n) is 17.5. The molecule has 0 amide bonds. The van der Waals surface area contributed by atoms with E-state index < -0.39 is 13.9 Å². The first-order chi connectivity index (χ1) is 27.6. The van der Waals surface area contributed by atoms with Gasteiger partial charge in [0.05, 0.1) is 34.4 Å². The number of allylic oxidation sites excluding steroid dienone is 4. The molecule has 0 aliphatic carbocycles. The Kier molecular flexibility index (Phi) is 41.0. The Morgan fingerprint density at radius 1 is 0.526 bits per heavy atom. The lowest BCUT2D eigenvalue weighted by Crippen LogP contribution is -2.37. The third kappa shape index (κ3) is 45.9. The molecule has 0 saturated carbocycles. The number of nitrogens with zero attached hydrogens (tertiary/aromatic N) is 1. The van der Waals surface area contributed by atoms with Crippen molar-refractivity contribution < 1.29 is 37.3 Å². The van der Waals surface area contributed by atoms with Crippen LogP contribution in [0.2, 0.25) is 0 Å². The number of ether oxygens (including phenoxy) is 2. The minimum Gasteiger partial charge on any atom is -0.756 e. The predicted octanol–water partition coefficient (Wildman–Crippen LogP) is 13.8. The third-order valence-electron chi connectivity index (χ3n) is 10.5. The Labute approximate surface area is 353 Å². The highest BCUT2D eigenvalue weighted by Crippen LogP contribution is 2.38. The molecule has 0 spiro atoms. The number of esters is 1. The van der Waals surface area contributed by atoms with Crippen LogP contribution in [0, 0.1) is 0 Å². The van der Waals surface area contributed by atoms with E-state index in [9.17, 15) is 14.3 Å². The number of hydrogen-bond donors (Lipinski definition) is 0.